The molecule has 17 heavy (non-hydrogen) atoms. The molecule has 102 valence electrons. The van der Waals surface area contributed by atoms with Gasteiger partial charge in [0.2, 0.25) is 0 Å². The lowest BCUT2D eigenvalue weighted by Gasteiger charge is -2.22. The van der Waals surface area contributed by atoms with Crippen molar-refractivity contribution in [2.75, 3.05) is 33.7 Å². The molecule has 0 aromatic heterocycles. The Hall–Kier alpha value is -0.740. The summed E-state index contributed by atoms with van der Waals surface area (Å²) in [4.78, 5) is 14.9. The van der Waals surface area contributed by atoms with Crippen molar-refractivity contribution in [1.82, 2.24) is 9.80 Å². The fraction of sp³-hybridized carbons (Fsp3) is 0.750. The van der Waals surface area contributed by atoms with E-state index in [1.54, 1.807) is 13.1 Å². The minimum Gasteiger partial charge on any atom is -0.478 e. The molecule has 0 heterocycles. The van der Waals surface area contributed by atoms with Crippen molar-refractivity contribution >= 4 is 18.4 Å². The summed E-state index contributed by atoms with van der Waals surface area (Å²) < 4.78 is 0. The summed E-state index contributed by atoms with van der Waals surface area (Å²) in [6.45, 7) is 6.51. The first-order valence-corrected chi connectivity index (χ1v) is 5.77. The molecule has 1 N–H and O–H groups in total. The highest BCUT2D eigenvalue weighted by Crippen LogP contribution is 2.01. The summed E-state index contributed by atoms with van der Waals surface area (Å²) >= 11 is 0. The number of rotatable bonds is 8. The maximum Gasteiger partial charge on any atom is 0.332 e. The lowest BCUT2D eigenvalue weighted by Crippen LogP contribution is -2.29. The summed E-state index contributed by atoms with van der Waals surface area (Å²) in [6.07, 6.45) is 3.97. The Morgan fingerprint density at radius 3 is 2.24 bits per heavy atom. The van der Waals surface area contributed by atoms with E-state index in [1.807, 2.05) is 14.1 Å². The summed E-state index contributed by atoms with van der Waals surface area (Å²) in [5.74, 6) is -0.841. The van der Waals surface area contributed by atoms with Crippen LogP contribution in [-0.2, 0) is 4.79 Å². The number of carboxylic acid groups (broad SMARTS) is 1. The lowest BCUT2D eigenvalue weighted by atomic mass is 10.3. The molecule has 0 unspecified atom stereocenters. The Morgan fingerprint density at radius 2 is 1.82 bits per heavy atom. The Balaban J connectivity index is 0. The van der Waals surface area contributed by atoms with E-state index < -0.39 is 5.97 Å². The highest BCUT2D eigenvalue weighted by molar-refractivity contribution is 5.85. The van der Waals surface area contributed by atoms with Gasteiger partial charge < -0.3 is 14.9 Å². The molecule has 0 aliphatic rings. The van der Waals surface area contributed by atoms with E-state index in [0.29, 0.717) is 5.57 Å². The summed E-state index contributed by atoms with van der Waals surface area (Å²) in [7, 11) is 4.04. The molecule has 0 aromatic carbocycles. The van der Waals surface area contributed by atoms with Crippen LogP contribution in [0.5, 0.6) is 0 Å². The van der Waals surface area contributed by atoms with Crippen molar-refractivity contribution in [3.8, 4) is 0 Å². The number of halogens is 1. The quantitative estimate of drug-likeness (QED) is 0.682. The van der Waals surface area contributed by atoms with Crippen LogP contribution in [0.25, 0.3) is 0 Å². The number of carbonyl (C=O) groups is 1. The molecule has 0 bridgehead atoms. The van der Waals surface area contributed by atoms with Crippen LogP contribution in [0.3, 0.4) is 0 Å². The molecule has 0 atom stereocenters. The number of hydrogen-bond donors (Lipinski definition) is 1. The third-order valence-corrected chi connectivity index (χ3v) is 2.35. The van der Waals surface area contributed by atoms with Crippen LogP contribution in [0, 0.1) is 0 Å². The Bertz CT molecular complexity index is 243. The maximum absolute atomic E-state index is 10.7. The molecule has 0 radical (unpaired) electrons. The standard InChI is InChI=1S/C12H24N2O2.ClH/c1-5-6-7-14(9-8-13(3)4)10-11(2)12(15)16;/h10H,5-9H2,1-4H3,(H,15,16);1H. The molecule has 0 saturated heterocycles. The normalized spacial score (nSPS) is 11.2. The smallest absolute Gasteiger partial charge is 0.332 e. The first-order valence-electron chi connectivity index (χ1n) is 5.77. The van der Waals surface area contributed by atoms with Gasteiger partial charge in [-0.05, 0) is 27.4 Å². The molecule has 4 nitrogen and oxygen atoms in total. The zero-order valence-electron chi connectivity index (χ0n) is 11.3. The number of hydrogen-bond acceptors (Lipinski definition) is 3. The second kappa shape index (κ2) is 10.4. The zero-order chi connectivity index (χ0) is 12.6. The van der Waals surface area contributed by atoms with Gasteiger partial charge in [0, 0.05) is 31.4 Å². The third-order valence-electron chi connectivity index (χ3n) is 2.35. The molecule has 0 spiro atoms. The van der Waals surface area contributed by atoms with E-state index in [0.717, 1.165) is 32.5 Å². The third kappa shape index (κ3) is 10.1. The van der Waals surface area contributed by atoms with Crippen molar-refractivity contribution < 1.29 is 9.90 Å². The lowest BCUT2D eigenvalue weighted by molar-refractivity contribution is -0.132. The van der Waals surface area contributed by atoms with Crippen LogP contribution in [0.1, 0.15) is 26.7 Å². The highest BCUT2D eigenvalue weighted by Gasteiger charge is 2.05. The van der Waals surface area contributed by atoms with Gasteiger partial charge in [0.15, 0.2) is 0 Å². The maximum atomic E-state index is 10.7. The predicted molar refractivity (Wildman–Crippen MR) is 73.7 cm³/mol. The largest absolute Gasteiger partial charge is 0.478 e. The predicted octanol–water partition coefficient (Wildman–Crippen LogP) is 2.06. The molecule has 0 aliphatic heterocycles. The number of carboxylic acids is 1. The van der Waals surface area contributed by atoms with Gasteiger partial charge in [-0.15, -0.1) is 12.4 Å². The first kappa shape index (κ1) is 18.6. The number of likely N-dealkylation sites (N-methyl/N-ethyl adjacent to an activating group) is 1. The molecule has 0 rings (SSSR count). The summed E-state index contributed by atoms with van der Waals surface area (Å²) in [5, 5.41) is 8.83. The molecule has 0 saturated carbocycles. The Morgan fingerprint density at radius 1 is 1.24 bits per heavy atom. The molecule has 0 aromatic rings. The van der Waals surface area contributed by atoms with Crippen LogP contribution in [-0.4, -0.2) is 54.6 Å². The monoisotopic (exact) mass is 264 g/mol. The molecule has 0 fully saturated rings. The highest BCUT2D eigenvalue weighted by atomic mass is 35.5. The molecule has 0 aliphatic carbocycles. The minimum atomic E-state index is -0.841. The fourth-order valence-electron chi connectivity index (χ4n) is 1.26. The number of aliphatic carboxylic acids is 1. The van der Waals surface area contributed by atoms with E-state index in [9.17, 15) is 4.79 Å². The minimum absolute atomic E-state index is 0. The SMILES string of the molecule is CCCCN(C=C(C)C(=O)O)CCN(C)C.Cl. The van der Waals surface area contributed by atoms with Crippen molar-refractivity contribution in [2.24, 2.45) is 0 Å². The molecule has 0 amide bonds. The first-order chi connectivity index (χ1) is 7.47. The summed E-state index contributed by atoms with van der Waals surface area (Å²) in [6, 6.07) is 0. The van der Waals surface area contributed by atoms with E-state index >= 15 is 0 Å². The summed E-state index contributed by atoms with van der Waals surface area (Å²) in [5.41, 5.74) is 0.398. The van der Waals surface area contributed by atoms with Crippen molar-refractivity contribution in [3.05, 3.63) is 11.8 Å². The van der Waals surface area contributed by atoms with Crippen LogP contribution in [0.4, 0.5) is 0 Å². The Labute approximate surface area is 111 Å². The zero-order valence-corrected chi connectivity index (χ0v) is 12.1. The van der Waals surface area contributed by atoms with E-state index in [4.69, 9.17) is 5.11 Å². The second-order valence-corrected chi connectivity index (χ2v) is 4.31. The number of nitrogens with zero attached hydrogens (tertiary/aromatic N) is 2. The van der Waals surface area contributed by atoms with Gasteiger partial charge in [-0.25, -0.2) is 4.79 Å². The number of unbranched alkanes of at least 4 members (excludes halogenated alkanes) is 1. The van der Waals surface area contributed by atoms with Gasteiger partial charge in [-0.3, -0.25) is 0 Å². The van der Waals surface area contributed by atoms with E-state index in [1.165, 1.54) is 0 Å². The van der Waals surface area contributed by atoms with Crippen molar-refractivity contribution in [3.63, 3.8) is 0 Å². The van der Waals surface area contributed by atoms with Crippen LogP contribution in [0.15, 0.2) is 11.8 Å². The van der Waals surface area contributed by atoms with Gasteiger partial charge in [-0.1, -0.05) is 13.3 Å². The van der Waals surface area contributed by atoms with Gasteiger partial charge in [0.05, 0.1) is 0 Å². The average Bonchev–Trinajstić information content (AvgIpc) is 2.21. The topological polar surface area (TPSA) is 43.8 Å². The van der Waals surface area contributed by atoms with Crippen LogP contribution < -0.4 is 0 Å². The van der Waals surface area contributed by atoms with Gasteiger partial charge in [0.25, 0.3) is 0 Å². The van der Waals surface area contributed by atoms with Crippen molar-refractivity contribution in [2.45, 2.75) is 26.7 Å². The molecular formula is C12H25ClN2O2. The van der Waals surface area contributed by atoms with E-state index in [-0.39, 0.29) is 12.4 Å². The van der Waals surface area contributed by atoms with E-state index in [2.05, 4.69) is 16.7 Å². The van der Waals surface area contributed by atoms with Crippen LogP contribution >= 0.6 is 12.4 Å². The molecular weight excluding hydrogens is 240 g/mol. The van der Waals surface area contributed by atoms with Gasteiger partial charge in [-0.2, -0.15) is 0 Å². The Kier molecular flexibility index (Phi) is 11.4. The van der Waals surface area contributed by atoms with Gasteiger partial charge >= 0.3 is 5.97 Å². The molecule has 5 heteroatoms. The second-order valence-electron chi connectivity index (χ2n) is 4.31. The van der Waals surface area contributed by atoms with Crippen molar-refractivity contribution in [1.29, 1.82) is 0 Å². The average molecular weight is 265 g/mol. The van der Waals surface area contributed by atoms with Gasteiger partial charge in [0.1, 0.15) is 0 Å². The fourth-order valence-corrected chi connectivity index (χ4v) is 1.26. The van der Waals surface area contributed by atoms with Crippen LogP contribution in [0.2, 0.25) is 0 Å².